The first-order valence-electron chi connectivity index (χ1n) is 5.57. The molecule has 0 saturated carbocycles. The largest absolute Gasteiger partial charge is 0.297 e. The van der Waals surface area contributed by atoms with Gasteiger partial charge in [0.2, 0.25) is 5.43 Å². The van der Waals surface area contributed by atoms with Crippen LogP contribution in [0.25, 0.3) is 10.9 Å². The molecule has 0 N–H and O–H groups in total. The third-order valence-corrected chi connectivity index (χ3v) is 2.71. The normalized spacial score (nSPS) is 11.0. The Morgan fingerprint density at radius 3 is 2.76 bits per heavy atom. The molecule has 4 nitrogen and oxygen atoms in total. The number of hydrogen-bond acceptors (Lipinski definition) is 3. The zero-order valence-electron chi connectivity index (χ0n) is 9.88. The fraction of sp³-hybridized carbons (Fsp3) is 0.308. The predicted molar refractivity (Wildman–Crippen MR) is 65.8 cm³/mol. The molecule has 0 atom stereocenters. The number of carbonyl (C=O) groups excluding carboxylic acids is 1. The van der Waals surface area contributed by atoms with E-state index >= 15 is 0 Å². The van der Waals surface area contributed by atoms with E-state index in [4.69, 9.17) is 0 Å². The first-order valence-corrected chi connectivity index (χ1v) is 5.57. The summed E-state index contributed by atoms with van der Waals surface area (Å²) in [5, 5.41) is 4.61. The van der Waals surface area contributed by atoms with Gasteiger partial charge in [-0.3, -0.25) is 14.3 Å². The number of rotatable bonds is 3. The number of aromatic nitrogens is 2. The van der Waals surface area contributed by atoms with E-state index in [1.165, 1.54) is 6.20 Å². The fourth-order valence-electron chi connectivity index (χ4n) is 1.62. The van der Waals surface area contributed by atoms with Crippen LogP contribution >= 0.6 is 0 Å². The van der Waals surface area contributed by atoms with Crippen LogP contribution in [0, 0.1) is 5.92 Å². The van der Waals surface area contributed by atoms with Gasteiger partial charge < -0.3 is 0 Å². The van der Waals surface area contributed by atoms with Crippen LogP contribution in [-0.4, -0.2) is 15.6 Å². The van der Waals surface area contributed by atoms with Gasteiger partial charge in [0, 0.05) is 11.3 Å². The van der Waals surface area contributed by atoms with Crippen LogP contribution in [0.5, 0.6) is 0 Å². The van der Waals surface area contributed by atoms with Crippen molar-refractivity contribution in [1.29, 1.82) is 0 Å². The molecule has 2 rings (SSSR count). The topological polar surface area (TPSA) is 52.0 Å². The maximum Gasteiger partial charge on any atom is 0.207 e. The smallest absolute Gasteiger partial charge is 0.207 e. The Morgan fingerprint density at radius 1 is 1.35 bits per heavy atom. The number of carbonyl (C=O) groups is 1. The number of Topliss-reactive ketones (excluding diaryl/α,β-unsaturated/α-hetero) is 1. The third kappa shape index (κ3) is 2.25. The summed E-state index contributed by atoms with van der Waals surface area (Å²) in [6, 6.07) is 7.19. The second-order valence-electron chi connectivity index (χ2n) is 4.30. The molecule has 0 unspecified atom stereocenters. The number of para-hydroxylation sites is 1. The van der Waals surface area contributed by atoms with E-state index < -0.39 is 0 Å². The minimum absolute atomic E-state index is 0.0324. The second-order valence-corrected chi connectivity index (χ2v) is 4.30. The molecule has 0 aliphatic carbocycles. The monoisotopic (exact) mass is 230 g/mol. The van der Waals surface area contributed by atoms with Gasteiger partial charge in [-0.25, -0.2) is 0 Å². The lowest BCUT2D eigenvalue weighted by Gasteiger charge is -2.09. The summed E-state index contributed by atoms with van der Waals surface area (Å²) in [4.78, 5) is 23.3. The number of nitrogens with zero attached hydrogens (tertiary/aromatic N) is 2. The van der Waals surface area contributed by atoms with Gasteiger partial charge in [-0.05, 0) is 12.1 Å². The van der Waals surface area contributed by atoms with Gasteiger partial charge >= 0.3 is 0 Å². The summed E-state index contributed by atoms with van der Waals surface area (Å²) in [6.07, 6.45) is 1.26. The van der Waals surface area contributed by atoms with Crippen molar-refractivity contribution in [2.24, 2.45) is 5.92 Å². The quantitative estimate of drug-likeness (QED) is 0.805. The molecule has 0 spiro atoms. The predicted octanol–water partition coefficient (Wildman–Crippen LogP) is 1.62. The van der Waals surface area contributed by atoms with E-state index in [0.717, 1.165) is 0 Å². The zero-order chi connectivity index (χ0) is 12.4. The lowest BCUT2D eigenvalue weighted by atomic mass is 10.1. The molecule has 1 aromatic heterocycles. The van der Waals surface area contributed by atoms with Gasteiger partial charge in [0.05, 0.1) is 11.7 Å². The number of hydrogen-bond donors (Lipinski definition) is 0. The average Bonchev–Trinajstić information content (AvgIpc) is 2.33. The van der Waals surface area contributed by atoms with Crippen LogP contribution in [0.2, 0.25) is 0 Å². The van der Waals surface area contributed by atoms with Crippen molar-refractivity contribution in [2.45, 2.75) is 20.4 Å². The average molecular weight is 230 g/mol. The Balaban J connectivity index is 2.52. The molecule has 1 aromatic carbocycles. The Bertz CT molecular complexity index is 614. The summed E-state index contributed by atoms with van der Waals surface area (Å²) in [5.74, 6) is 0.0706. The summed E-state index contributed by atoms with van der Waals surface area (Å²) in [6.45, 7) is 3.92. The second kappa shape index (κ2) is 4.49. The summed E-state index contributed by atoms with van der Waals surface area (Å²) in [7, 11) is 0. The Hall–Kier alpha value is -1.97. The summed E-state index contributed by atoms with van der Waals surface area (Å²) < 4.78 is 1.58. The highest BCUT2D eigenvalue weighted by molar-refractivity contribution is 5.83. The Labute approximate surface area is 98.9 Å². The van der Waals surface area contributed by atoms with Crippen LogP contribution in [0.15, 0.2) is 35.3 Å². The van der Waals surface area contributed by atoms with E-state index in [1.54, 1.807) is 22.9 Å². The maximum atomic E-state index is 11.7. The lowest BCUT2D eigenvalue weighted by molar-refractivity contribution is -0.122. The first-order chi connectivity index (χ1) is 8.09. The lowest BCUT2D eigenvalue weighted by Crippen LogP contribution is -2.20. The molecular weight excluding hydrogens is 216 g/mol. The van der Waals surface area contributed by atoms with E-state index in [0.29, 0.717) is 10.9 Å². The van der Waals surface area contributed by atoms with E-state index in [9.17, 15) is 9.59 Å². The van der Waals surface area contributed by atoms with E-state index in [-0.39, 0.29) is 23.7 Å². The number of ketones is 1. The summed E-state index contributed by atoms with van der Waals surface area (Å²) in [5.41, 5.74) is 0.586. The molecular formula is C13H14N2O2. The SMILES string of the molecule is CC(C)C(=O)Cn1ncc(=O)c2ccccc21. The molecule has 1 heterocycles. The van der Waals surface area contributed by atoms with Gasteiger partial charge in [0.15, 0.2) is 5.78 Å². The van der Waals surface area contributed by atoms with Crippen molar-refractivity contribution >= 4 is 16.7 Å². The fourth-order valence-corrected chi connectivity index (χ4v) is 1.62. The van der Waals surface area contributed by atoms with Crippen molar-refractivity contribution in [3.63, 3.8) is 0 Å². The van der Waals surface area contributed by atoms with Crippen molar-refractivity contribution in [3.05, 3.63) is 40.7 Å². The molecule has 0 amide bonds. The van der Waals surface area contributed by atoms with Crippen molar-refractivity contribution in [3.8, 4) is 0 Å². The standard InChI is InChI=1S/C13H14N2O2/c1-9(2)13(17)8-15-11-6-4-3-5-10(11)12(16)7-14-15/h3-7,9H,8H2,1-2H3. The van der Waals surface area contributed by atoms with Crippen LogP contribution in [0.4, 0.5) is 0 Å². The van der Waals surface area contributed by atoms with E-state index in [1.807, 2.05) is 19.9 Å². The van der Waals surface area contributed by atoms with Crippen LogP contribution < -0.4 is 5.43 Å². The van der Waals surface area contributed by atoms with Crippen LogP contribution in [-0.2, 0) is 11.3 Å². The van der Waals surface area contributed by atoms with E-state index in [2.05, 4.69) is 5.10 Å². The molecule has 2 aromatic rings. The highest BCUT2D eigenvalue weighted by Crippen LogP contribution is 2.08. The number of fused-ring (bicyclic) bond motifs is 1. The van der Waals surface area contributed by atoms with Crippen molar-refractivity contribution in [2.75, 3.05) is 0 Å². The zero-order valence-corrected chi connectivity index (χ0v) is 9.88. The van der Waals surface area contributed by atoms with Crippen molar-refractivity contribution < 1.29 is 4.79 Å². The minimum Gasteiger partial charge on any atom is -0.297 e. The number of benzene rings is 1. The molecule has 88 valence electrons. The summed E-state index contributed by atoms with van der Waals surface area (Å²) >= 11 is 0. The molecule has 0 aliphatic heterocycles. The highest BCUT2D eigenvalue weighted by atomic mass is 16.1. The minimum atomic E-state index is -0.117. The Kier molecular flexibility index (Phi) is 3.04. The van der Waals surface area contributed by atoms with Crippen LogP contribution in [0.3, 0.4) is 0 Å². The van der Waals surface area contributed by atoms with Gasteiger partial charge in [-0.15, -0.1) is 0 Å². The molecule has 17 heavy (non-hydrogen) atoms. The van der Waals surface area contributed by atoms with Crippen molar-refractivity contribution in [1.82, 2.24) is 9.78 Å². The van der Waals surface area contributed by atoms with Gasteiger partial charge in [0.25, 0.3) is 0 Å². The highest BCUT2D eigenvalue weighted by Gasteiger charge is 2.10. The first kappa shape index (κ1) is 11.5. The van der Waals surface area contributed by atoms with Crippen LogP contribution in [0.1, 0.15) is 13.8 Å². The van der Waals surface area contributed by atoms with Gasteiger partial charge in [-0.1, -0.05) is 26.0 Å². The molecule has 0 saturated heterocycles. The molecule has 0 aliphatic rings. The Morgan fingerprint density at radius 2 is 2.06 bits per heavy atom. The molecule has 0 radical (unpaired) electrons. The molecule has 0 bridgehead atoms. The molecule has 4 heteroatoms. The molecule has 0 fully saturated rings. The third-order valence-electron chi connectivity index (χ3n) is 2.71. The van der Waals surface area contributed by atoms with Gasteiger partial charge in [-0.2, -0.15) is 5.10 Å². The van der Waals surface area contributed by atoms with Gasteiger partial charge in [0.1, 0.15) is 6.54 Å². The maximum absolute atomic E-state index is 11.7.